The minimum absolute atomic E-state index is 0.00939. The van der Waals surface area contributed by atoms with Gasteiger partial charge >= 0.3 is 0 Å². The second-order valence-electron chi connectivity index (χ2n) is 16.9. The molecule has 0 aliphatic heterocycles. The predicted octanol–water partition coefficient (Wildman–Crippen LogP) is 8.42. The highest BCUT2D eigenvalue weighted by Crippen LogP contribution is 2.37. The number of ether oxygens (including phenoxy) is 2. The molecule has 7 N–H and O–H groups in total. The van der Waals surface area contributed by atoms with Crippen molar-refractivity contribution in [1.82, 2.24) is 59.4 Å². The van der Waals surface area contributed by atoms with E-state index in [4.69, 9.17) is 35.0 Å². The first-order valence-corrected chi connectivity index (χ1v) is 22.6. The van der Waals surface area contributed by atoms with Gasteiger partial charge in [0.05, 0.1) is 58.4 Å². The minimum atomic E-state index is -2.50. The van der Waals surface area contributed by atoms with Crippen LogP contribution in [-0.2, 0) is 25.3 Å². The summed E-state index contributed by atoms with van der Waals surface area (Å²) in [6.45, 7) is 0.857. The summed E-state index contributed by atoms with van der Waals surface area (Å²) in [6, 6.07) is 11.9. The number of hydrogen-bond donors (Lipinski definition) is 6. The van der Waals surface area contributed by atoms with Gasteiger partial charge in [0.15, 0.2) is 46.4 Å². The number of ketones is 2. The third-order valence-electron chi connectivity index (χ3n) is 10.4. The first-order chi connectivity index (χ1) is 37.8. The Hall–Kier alpha value is -8.61. The number of nitrogens with one attached hydrogen (secondary N) is 3. The van der Waals surface area contributed by atoms with Crippen LogP contribution in [0.5, 0.6) is 11.5 Å². The Morgan fingerprint density at radius 2 is 1.16 bits per heavy atom. The van der Waals surface area contributed by atoms with Crippen molar-refractivity contribution >= 4 is 63.8 Å². The van der Waals surface area contributed by atoms with Crippen LogP contribution in [0.4, 0.5) is 49.4 Å². The molecule has 22 nitrogen and oxygen atoms in total. The zero-order chi connectivity index (χ0) is 59.8. The van der Waals surface area contributed by atoms with Crippen LogP contribution in [0.1, 0.15) is 94.3 Å². The molecular formula is C50H55ClF2N16O6. The van der Waals surface area contributed by atoms with Gasteiger partial charge in [-0.2, -0.15) is 19.0 Å². The van der Waals surface area contributed by atoms with Gasteiger partial charge in [-0.1, -0.05) is 25.3 Å². The highest BCUT2D eigenvalue weighted by molar-refractivity contribution is 6.34. The Labute approximate surface area is 443 Å². The SMILES string of the molecule is COc1c(-c2ncn(C)n2)ccnc1N.[2H]C([2H])([2H])CC(=O)c1cnc(Nc2ccc(C(C)(C)O)c(F)n2)cc1Cl.[2H]C([2H])([2H])CC(=O)c1cnc(Nc2ccc(C(C)(C)O)c(F)n2)cc1Nc1nccc(-c2ncn(C)n2)c1OC. The quantitative estimate of drug-likeness (QED) is 0.0391. The smallest absolute Gasteiger partial charge is 0.220 e. The molecule has 0 unspecified atom stereocenters. The zero-order valence-corrected chi connectivity index (χ0v) is 42.4. The van der Waals surface area contributed by atoms with E-state index in [0.29, 0.717) is 28.8 Å². The summed E-state index contributed by atoms with van der Waals surface area (Å²) in [5.74, 6) is -0.184. The number of aryl methyl sites for hydroxylation is 2. The van der Waals surface area contributed by atoms with E-state index in [0.717, 1.165) is 11.8 Å². The Bertz CT molecular complexity index is 3560. The molecule has 0 aliphatic rings. The average molecular weight is 1060 g/mol. The van der Waals surface area contributed by atoms with Gasteiger partial charge in [-0.15, -0.1) is 0 Å². The van der Waals surface area contributed by atoms with Crippen molar-refractivity contribution in [2.45, 2.75) is 65.4 Å². The van der Waals surface area contributed by atoms with Gasteiger partial charge < -0.3 is 41.4 Å². The lowest BCUT2D eigenvalue weighted by atomic mass is 10.0. The van der Waals surface area contributed by atoms with Gasteiger partial charge in [-0.05, 0) is 64.1 Å². The number of methoxy groups -OCH3 is 2. The second-order valence-corrected chi connectivity index (χ2v) is 17.3. The average Bonchev–Trinajstić information content (AvgIpc) is 4.04. The highest BCUT2D eigenvalue weighted by atomic mass is 35.5. The number of rotatable bonds is 16. The van der Waals surface area contributed by atoms with E-state index in [-0.39, 0.29) is 67.8 Å². The van der Waals surface area contributed by atoms with Crippen molar-refractivity contribution in [3.63, 3.8) is 0 Å². The number of aromatic nitrogens is 12. The summed E-state index contributed by atoms with van der Waals surface area (Å²) in [5.41, 5.74) is 4.34. The van der Waals surface area contributed by atoms with Crippen molar-refractivity contribution < 1.29 is 46.3 Å². The van der Waals surface area contributed by atoms with E-state index in [9.17, 15) is 28.6 Å². The number of Topliss-reactive ketones (excluding diaryl/α,β-unsaturated/α-hetero) is 2. The molecule has 8 heterocycles. The monoisotopic (exact) mass is 1050 g/mol. The van der Waals surface area contributed by atoms with Crippen LogP contribution in [-0.4, -0.2) is 95.4 Å². The Kier molecular flexibility index (Phi) is 15.1. The summed E-state index contributed by atoms with van der Waals surface area (Å²) in [7, 11) is 6.50. The number of pyridine rings is 6. The van der Waals surface area contributed by atoms with E-state index in [2.05, 4.69) is 66.0 Å². The van der Waals surface area contributed by atoms with Crippen molar-refractivity contribution in [3.05, 3.63) is 125 Å². The fourth-order valence-corrected chi connectivity index (χ4v) is 7.01. The van der Waals surface area contributed by atoms with Gasteiger partial charge in [0.2, 0.25) is 11.9 Å². The number of aliphatic hydroxyl groups is 2. The number of nitrogen functional groups attached to an aromatic ring is 1. The molecule has 0 radical (unpaired) electrons. The molecule has 0 saturated heterocycles. The van der Waals surface area contributed by atoms with Crippen molar-refractivity contribution in [1.29, 1.82) is 0 Å². The van der Waals surface area contributed by atoms with E-state index < -0.39 is 61.2 Å². The molecule has 0 amide bonds. The van der Waals surface area contributed by atoms with E-state index in [1.54, 1.807) is 50.5 Å². The lowest BCUT2D eigenvalue weighted by Gasteiger charge is -2.18. The second kappa shape index (κ2) is 24.0. The minimum Gasteiger partial charge on any atom is -0.492 e. The summed E-state index contributed by atoms with van der Waals surface area (Å²) in [4.78, 5) is 57.2. The van der Waals surface area contributed by atoms with Crippen LogP contribution in [0.2, 0.25) is 5.02 Å². The summed E-state index contributed by atoms with van der Waals surface area (Å²) in [6.07, 6.45) is 7.24. The van der Waals surface area contributed by atoms with Crippen LogP contribution in [0, 0.1) is 11.9 Å². The molecule has 25 heteroatoms. The van der Waals surface area contributed by atoms with Gasteiger partial charge in [0.1, 0.15) is 35.9 Å². The molecule has 8 aromatic heterocycles. The number of nitrogens with zero attached hydrogens (tertiary/aromatic N) is 12. The number of halogens is 3. The molecule has 0 fully saturated rings. The maximum Gasteiger partial charge on any atom is 0.220 e. The Balaban J connectivity index is 0.000000219. The molecule has 0 atom stereocenters. The summed E-state index contributed by atoms with van der Waals surface area (Å²) >= 11 is 6.02. The molecule has 0 saturated carbocycles. The number of carbonyl (C=O) groups excluding carboxylic acids is 2. The normalized spacial score (nSPS) is 12.7. The van der Waals surface area contributed by atoms with Crippen molar-refractivity contribution in [2.75, 3.05) is 35.9 Å². The van der Waals surface area contributed by atoms with E-state index >= 15 is 0 Å². The maximum atomic E-state index is 14.5. The standard InChI is InChI=1S/C25H27FN8O3.C16H17ClFN3O2.C9H11N5O/c1-6-18(35)15-12-28-20(31-19-8-7-16(22(26)32-19)25(2,3)36)11-17(15)30-24-21(37-5)14(9-10-27-24)23-29-13-34(4)33-23;1-4-12(22)9-8-19-14(7-11(9)17)20-13-6-5-10(15(18)21-13)16(2,3)23;1-14-5-12-9(13-14)6-3-4-11-8(10)7(6)15-2/h7-13,36H,6H2,1-5H3,(H2,27,28,30,31,32);5-8,23H,4H2,1-3H3,(H,19,20,21);3-5H,1-2H3,(H2,10,11)/i2*1D3;. The fraction of sp³-hybridized carbons (Fsp3) is 0.280. The lowest BCUT2D eigenvalue weighted by molar-refractivity contribution is 0.0730. The molecule has 75 heavy (non-hydrogen) atoms. The van der Waals surface area contributed by atoms with E-state index in [1.807, 2.05) is 0 Å². The lowest BCUT2D eigenvalue weighted by Crippen LogP contribution is -2.18. The number of carbonyl (C=O) groups is 2. The topological polar surface area (TPSA) is 294 Å². The largest absolute Gasteiger partial charge is 0.492 e. The van der Waals surface area contributed by atoms with E-state index in [1.165, 1.54) is 94.6 Å². The highest BCUT2D eigenvalue weighted by Gasteiger charge is 2.24. The first kappa shape index (κ1) is 47.4. The number of hydrogen-bond acceptors (Lipinski definition) is 20. The van der Waals surface area contributed by atoms with Crippen LogP contribution < -0.4 is 31.2 Å². The van der Waals surface area contributed by atoms with Crippen LogP contribution in [0.15, 0.2) is 86.0 Å². The van der Waals surface area contributed by atoms with Gasteiger partial charge in [0.25, 0.3) is 0 Å². The molecule has 8 aromatic rings. The van der Waals surface area contributed by atoms with Gasteiger partial charge in [0, 0.05) is 83.2 Å². The zero-order valence-electron chi connectivity index (χ0n) is 47.6. The first-order valence-electron chi connectivity index (χ1n) is 25.2. The molecule has 8 rings (SSSR count). The summed E-state index contributed by atoms with van der Waals surface area (Å²) < 4.78 is 86.3. The molecular weight excluding hydrogens is 994 g/mol. The van der Waals surface area contributed by atoms with Crippen LogP contribution in [0.3, 0.4) is 0 Å². The number of anilines is 7. The molecule has 0 aliphatic carbocycles. The van der Waals surface area contributed by atoms with Crippen molar-refractivity contribution in [2.24, 2.45) is 14.1 Å². The molecule has 0 aromatic carbocycles. The third-order valence-corrected chi connectivity index (χ3v) is 10.7. The Morgan fingerprint density at radius 1 is 0.680 bits per heavy atom. The maximum absolute atomic E-state index is 14.5. The van der Waals surface area contributed by atoms with Crippen LogP contribution in [0.25, 0.3) is 22.8 Å². The number of nitrogens with two attached hydrogens (primary N) is 1. The predicted molar refractivity (Wildman–Crippen MR) is 277 cm³/mol. The third kappa shape index (κ3) is 13.9. The fourth-order valence-electron chi connectivity index (χ4n) is 6.76. The molecule has 392 valence electrons. The van der Waals surface area contributed by atoms with Crippen LogP contribution >= 0.6 is 11.6 Å². The summed E-state index contributed by atoms with van der Waals surface area (Å²) in [5, 5.41) is 37.1. The molecule has 0 spiro atoms. The molecule has 0 bridgehead atoms. The van der Waals surface area contributed by atoms with Crippen molar-refractivity contribution in [3.8, 4) is 34.3 Å². The van der Waals surface area contributed by atoms with Gasteiger partial charge in [-0.3, -0.25) is 19.0 Å². The Morgan fingerprint density at radius 3 is 1.61 bits per heavy atom. The van der Waals surface area contributed by atoms with Gasteiger partial charge in [-0.25, -0.2) is 39.9 Å².